The molecule has 0 aromatic heterocycles. The first-order valence-corrected chi connectivity index (χ1v) is 6.71. The Morgan fingerprint density at radius 3 is 2.71 bits per heavy atom. The molecule has 5 nitrogen and oxygen atoms in total. The van der Waals surface area contributed by atoms with Crippen LogP contribution in [0.4, 0.5) is 0 Å². The van der Waals surface area contributed by atoms with Gasteiger partial charge < -0.3 is 5.73 Å². The molecule has 0 aromatic rings. The van der Waals surface area contributed by atoms with Gasteiger partial charge in [-0.1, -0.05) is 0 Å². The van der Waals surface area contributed by atoms with Gasteiger partial charge in [0.1, 0.15) is 0 Å². The van der Waals surface area contributed by atoms with Gasteiger partial charge in [-0.15, -0.1) is 11.8 Å². The van der Waals surface area contributed by atoms with E-state index in [1.165, 1.54) is 16.7 Å². The highest BCUT2D eigenvalue weighted by atomic mass is 32.2. The van der Waals surface area contributed by atoms with Crippen molar-refractivity contribution in [2.24, 2.45) is 10.7 Å². The van der Waals surface area contributed by atoms with Crippen molar-refractivity contribution >= 4 is 29.4 Å². The third kappa shape index (κ3) is 3.46. The highest BCUT2D eigenvalue weighted by Gasteiger charge is 2.39. The topological polar surface area (TPSA) is 75.8 Å². The lowest BCUT2D eigenvalue weighted by molar-refractivity contribution is -0.140. The molecular weight excluding hydrogens is 238 g/mol. The third-order valence-electron chi connectivity index (χ3n) is 2.62. The fraction of sp³-hybridized carbons (Fsp3) is 0.727. The lowest BCUT2D eigenvalue weighted by atomic mass is 10.3. The number of hydrogen-bond acceptors (Lipinski definition) is 4. The van der Waals surface area contributed by atoms with E-state index in [4.69, 9.17) is 5.73 Å². The van der Waals surface area contributed by atoms with Crippen LogP contribution in [0.15, 0.2) is 4.99 Å². The Labute approximate surface area is 106 Å². The largest absolute Gasteiger partial charge is 0.387 e. The number of imide groups is 1. The van der Waals surface area contributed by atoms with Crippen molar-refractivity contribution in [1.82, 2.24) is 4.90 Å². The van der Waals surface area contributed by atoms with Gasteiger partial charge in [-0.3, -0.25) is 19.5 Å². The van der Waals surface area contributed by atoms with Crippen LogP contribution in [0, 0.1) is 0 Å². The molecule has 2 amide bonds. The molecule has 2 N–H and O–H groups in total. The molecule has 1 unspecified atom stereocenters. The van der Waals surface area contributed by atoms with E-state index in [1.54, 1.807) is 7.05 Å². The van der Waals surface area contributed by atoms with E-state index in [9.17, 15) is 9.59 Å². The number of likely N-dealkylation sites (tertiary alicyclic amines) is 1. The van der Waals surface area contributed by atoms with Crippen LogP contribution in [0.25, 0.3) is 0 Å². The lowest BCUT2D eigenvalue weighted by Gasteiger charge is -2.18. The first kappa shape index (κ1) is 14.0. The van der Waals surface area contributed by atoms with Crippen molar-refractivity contribution < 1.29 is 9.59 Å². The Bertz CT molecular complexity index is 342. The molecule has 1 saturated heterocycles. The number of carbonyl (C=O) groups is 2. The molecule has 1 fully saturated rings. The van der Waals surface area contributed by atoms with E-state index in [1.807, 2.05) is 13.8 Å². The lowest BCUT2D eigenvalue weighted by Crippen LogP contribution is -2.37. The van der Waals surface area contributed by atoms with Crippen LogP contribution in [0.1, 0.15) is 26.7 Å². The summed E-state index contributed by atoms with van der Waals surface area (Å²) in [7, 11) is 1.64. The van der Waals surface area contributed by atoms with E-state index in [2.05, 4.69) is 4.99 Å². The Morgan fingerprint density at radius 1 is 1.59 bits per heavy atom. The van der Waals surface area contributed by atoms with Gasteiger partial charge in [-0.05, 0) is 13.8 Å². The summed E-state index contributed by atoms with van der Waals surface area (Å²) in [4.78, 5) is 28.8. The van der Waals surface area contributed by atoms with E-state index in [0.717, 1.165) is 5.75 Å². The van der Waals surface area contributed by atoms with E-state index >= 15 is 0 Å². The maximum absolute atomic E-state index is 11.9. The third-order valence-corrected chi connectivity index (χ3v) is 3.83. The highest BCUT2D eigenvalue weighted by molar-refractivity contribution is 8.00. The van der Waals surface area contributed by atoms with Crippen LogP contribution in [-0.4, -0.2) is 46.6 Å². The van der Waals surface area contributed by atoms with Gasteiger partial charge in [0.2, 0.25) is 11.8 Å². The smallest absolute Gasteiger partial charge is 0.243 e. The molecule has 1 atom stereocenters. The number of carbonyl (C=O) groups excluding carboxylic acids is 2. The second-order valence-electron chi connectivity index (χ2n) is 4.22. The van der Waals surface area contributed by atoms with Crippen molar-refractivity contribution in [3.8, 4) is 0 Å². The minimum atomic E-state index is -0.241. The van der Waals surface area contributed by atoms with Gasteiger partial charge in [-0.25, -0.2) is 0 Å². The molecule has 96 valence electrons. The number of nitrogens with zero attached hydrogens (tertiary/aromatic N) is 2. The molecule has 0 spiro atoms. The Morgan fingerprint density at radius 2 is 2.24 bits per heavy atom. The Hall–Kier alpha value is -1.04. The Kier molecular flexibility index (Phi) is 4.99. The van der Waals surface area contributed by atoms with Crippen LogP contribution >= 0.6 is 11.8 Å². The molecule has 0 aliphatic carbocycles. The zero-order valence-electron chi connectivity index (χ0n) is 10.5. The minimum absolute atomic E-state index is 0.0529. The maximum atomic E-state index is 11.9. The number of thioether (sulfide) groups is 1. The molecule has 0 saturated carbocycles. The predicted octanol–water partition coefficient (Wildman–Crippen LogP) is 0.633. The predicted molar refractivity (Wildman–Crippen MR) is 70.0 cm³/mol. The standard InChI is InChI=1S/C11H19N3O2S/c1-7(2)14-10(15)6-8(11(14)16)17-5-4-9(12)13-3/h7-8H,4-6H2,1-3H3,(H2,12,13). The van der Waals surface area contributed by atoms with Gasteiger partial charge in [0, 0.05) is 31.7 Å². The number of nitrogens with two attached hydrogens (primary N) is 1. The van der Waals surface area contributed by atoms with Gasteiger partial charge in [0.25, 0.3) is 0 Å². The Balaban J connectivity index is 2.47. The van der Waals surface area contributed by atoms with Crippen LogP contribution < -0.4 is 5.73 Å². The quantitative estimate of drug-likeness (QED) is 0.445. The first-order chi connectivity index (χ1) is 7.97. The zero-order valence-corrected chi connectivity index (χ0v) is 11.3. The van der Waals surface area contributed by atoms with E-state index in [0.29, 0.717) is 18.7 Å². The summed E-state index contributed by atoms with van der Waals surface area (Å²) in [6.07, 6.45) is 0.964. The van der Waals surface area contributed by atoms with Crippen LogP contribution in [0.2, 0.25) is 0 Å². The number of hydrogen-bond donors (Lipinski definition) is 1. The maximum Gasteiger partial charge on any atom is 0.243 e. The van der Waals surface area contributed by atoms with Crippen LogP contribution in [-0.2, 0) is 9.59 Å². The fourth-order valence-electron chi connectivity index (χ4n) is 1.71. The molecular formula is C11H19N3O2S. The molecule has 6 heteroatoms. The van der Waals surface area contributed by atoms with Gasteiger partial charge in [0.05, 0.1) is 11.1 Å². The van der Waals surface area contributed by atoms with E-state index in [-0.39, 0.29) is 23.1 Å². The molecule has 0 radical (unpaired) electrons. The summed E-state index contributed by atoms with van der Waals surface area (Å²) in [6.45, 7) is 3.70. The molecule has 1 rings (SSSR count). The molecule has 0 aromatic carbocycles. The molecule has 1 aliphatic heterocycles. The van der Waals surface area contributed by atoms with E-state index < -0.39 is 0 Å². The SMILES string of the molecule is CN=C(N)CCSC1CC(=O)N(C(C)C)C1=O. The van der Waals surface area contributed by atoms with Crippen molar-refractivity contribution in [1.29, 1.82) is 0 Å². The summed E-state index contributed by atoms with van der Waals surface area (Å²) in [5.74, 6) is 1.16. The van der Waals surface area contributed by atoms with Crippen molar-refractivity contribution in [3.63, 3.8) is 0 Å². The highest BCUT2D eigenvalue weighted by Crippen LogP contribution is 2.26. The fourth-order valence-corrected chi connectivity index (χ4v) is 2.84. The second-order valence-corrected chi connectivity index (χ2v) is 5.53. The molecule has 1 aliphatic rings. The van der Waals surface area contributed by atoms with Crippen molar-refractivity contribution in [2.75, 3.05) is 12.8 Å². The first-order valence-electron chi connectivity index (χ1n) is 5.66. The second kappa shape index (κ2) is 6.05. The zero-order chi connectivity index (χ0) is 13.0. The minimum Gasteiger partial charge on any atom is -0.387 e. The number of aliphatic imine (C=N–C) groups is 1. The van der Waals surface area contributed by atoms with Gasteiger partial charge in [-0.2, -0.15) is 0 Å². The number of rotatable bonds is 5. The number of amides is 2. The number of amidine groups is 1. The van der Waals surface area contributed by atoms with Crippen molar-refractivity contribution in [3.05, 3.63) is 0 Å². The molecule has 0 bridgehead atoms. The monoisotopic (exact) mass is 257 g/mol. The normalized spacial score (nSPS) is 21.8. The van der Waals surface area contributed by atoms with Crippen LogP contribution in [0.5, 0.6) is 0 Å². The van der Waals surface area contributed by atoms with Crippen molar-refractivity contribution in [2.45, 2.75) is 38.0 Å². The average Bonchev–Trinajstić information content (AvgIpc) is 2.53. The average molecular weight is 257 g/mol. The van der Waals surface area contributed by atoms with Crippen LogP contribution in [0.3, 0.4) is 0 Å². The molecule has 17 heavy (non-hydrogen) atoms. The summed E-state index contributed by atoms with van der Waals surface area (Å²) < 4.78 is 0. The van der Waals surface area contributed by atoms with Gasteiger partial charge >= 0.3 is 0 Å². The summed E-state index contributed by atoms with van der Waals surface area (Å²) in [5.41, 5.74) is 5.57. The summed E-state index contributed by atoms with van der Waals surface area (Å²) in [6, 6.07) is -0.0529. The summed E-state index contributed by atoms with van der Waals surface area (Å²) >= 11 is 1.49. The summed E-state index contributed by atoms with van der Waals surface area (Å²) in [5, 5.41) is -0.241. The molecule has 1 heterocycles. The van der Waals surface area contributed by atoms with Gasteiger partial charge in [0.15, 0.2) is 0 Å².